The average molecular weight is 466 g/mol. The van der Waals surface area contributed by atoms with Gasteiger partial charge in [0.2, 0.25) is 0 Å². The predicted molar refractivity (Wildman–Crippen MR) is 135 cm³/mol. The molecular formula is C27H24FN7. The zero-order valence-electron chi connectivity index (χ0n) is 19.1. The van der Waals surface area contributed by atoms with Gasteiger partial charge in [0.25, 0.3) is 0 Å². The zero-order valence-corrected chi connectivity index (χ0v) is 19.1. The van der Waals surface area contributed by atoms with Gasteiger partial charge in [-0.05, 0) is 48.6 Å². The highest BCUT2D eigenvalue weighted by Gasteiger charge is 2.29. The molecule has 0 unspecified atom stereocenters. The van der Waals surface area contributed by atoms with Crippen LogP contribution in [-0.2, 0) is 0 Å². The van der Waals surface area contributed by atoms with Crippen molar-refractivity contribution in [1.82, 2.24) is 30.2 Å². The molecule has 5 heterocycles. The zero-order chi connectivity index (χ0) is 23.4. The Morgan fingerprint density at radius 3 is 2.66 bits per heavy atom. The van der Waals surface area contributed by atoms with Crippen LogP contribution in [0.4, 0.5) is 10.2 Å². The molecule has 1 saturated carbocycles. The molecule has 4 aromatic heterocycles. The number of benzene rings is 1. The van der Waals surface area contributed by atoms with Crippen LogP contribution in [0.3, 0.4) is 0 Å². The van der Waals surface area contributed by atoms with Crippen molar-refractivity contribution in [3.63, 3.8) is 0 Å². The van der Waals surface area contributed by atoms with E-state index in [-0.39, 0.29) is 5.82 Å². The summed E-state index contributed by atoms with van der Waals surface area (Å²) in [5.41, 5.74) is 4.85. The normalized spacial score (nSPS) is 16.3. The van der Waals surface area contributed by atoms with Crippen molar-refractivity contribution in [1.29, 1.82) is 0 Å². The molecule has 0 amide bonds. The molecule has 2 aliphatic rings. The Labute approximate surface area is 201 Å². The number of nitrogens with one attached hydrogen (secondary N) is 2. The van der Waals surface area contributed by atoms with Crippen LogP contribution in [-0.4, -0.2) is 51.1 Å². The fourth-order valence-electron chi connectivity index (χ4n) is 5.07. The fraction of sp³-hybridized carbons (Fsp3) is 0.259. The van der Waals surface area contributed by atoms with Gasteiger partial charge >= 0.3 is 0 Å². The van der Waals surface area contributed by atoms with E-state index < -0.39 is 0 Å². The van der Waals surface area contributed by atoms with E-state index >= 15 is 0 Å². The minimum absolute atomic E-state index is 0.276. The van der Waals surface area contributed by atoms with E-state index in [0.29, 0.717) is 28.6 Å². The Morgan fingerprint density at radius 2 is 1.83 bits per heavy atom. The summed E-state index contributed by atoms with van der Waals surface area (Å²) in [4.78, 5) is 24.8. The Kier molecular flexibility index (Phi) is 4.73. The van der Waals surface area contributed by atoms with Gasteiger partial charge in [0.05, 0.1) is 17.4 Å². The molecule has 0 atom stereocenters. The molecule has 0 radical (unpaired) electrons. The molecule has 0 spiro atoms. The van der Waals surface area contributed by atoms with Crippen LogP contribution in [0.25, 0.3) is 44.6 Å². The first-order chi connectivity index (χ1) is 17.3. The second-order valence-electron chi connectivity index (χ2n) is 9.29. The molecule has 174 valence electrons. The summed E-state index contributed by atoms with van der Waals surface area (Å²) in [5.74, 6) is 1.88. The van der Waals surface area contributed by atoms with Gasteiger partial charge in [0, 0.05) is 60.5 Å². The summed E-state index contributed by atoms with van der Waals surface area (Å²) in [6, 6.07) is 10.6. The number of aromatic nitrogens is 5. The van der Waals surface area contributed by atoms with Crippen molar-refractivity contribution in [3.05, 3.63) is 66.4 Å². The summed E-state index contributed by atoms with van der Waals surface area (Å²) < 4.78 is 14.5. The maximum atomic E-state index is 14.5. The minimum atomic E-state index is -0.276. The lowest BCUT2D eigenvalue weighted by atomic mass is 10.1. The first-order valence-corrected chi connectivity index (χ1v) is 12.1. The molecule has 1 aliphatic carbocycles. The van der Waals surface area contributed by atoms with Crippen molar-refractivity contribution >= 4 is 27.8 Å². The number of nitrogens with zero attached hydrogens (tertiary/aromatic N) is 5. The van der Waals surface area contributed by atoms with E-state index in [1.807, 2.05) is 30.6 Å². The Bertz CT molecular complexity index is 1570. The predicted octanol–water partition coefficient (Wildman–Crippen LogP) is 4.66. The van der Waals surface area contributed by atoms with E-state index in [4.69, 9.17) is 9.97 Å². The van der Waals surface area contributed by atoms with Gasteiger partial charge in [-0.25, -0.2) is 19.3 Å². The van der Waals surface area contributed by atoms with E-state index in [1.165, 1.54) is 24.5 Å². The second kappa shape index (κ2) is 8.09. The van der Waals surface area contributed by atoms with Crippen LogP contribution in [0.5, 0.6) is 0 Å². The van der Waals surface area contributed by atoms with Gasteiger partial charge in [-0.15, -0.1) is 0 Å². The van der Waals surface area contributed by atoms with Gasteiger partial charge in [0.1, 0.15) is 17.3 Å². The third kappa shape index (κ3) is 3.52. The lowest BCUT2D eigenvalue weighted by molar-refractivity contribution is 0.586. The van der Waals surface area contributed by atoms with Crippen LogP contribution >= 0.6 is 0 Å². The third-order valence-electron chi connectivity index (χ3n) is 6.99. The van der Waals surface area contributed by atoms with Gasteiger partial charge in [-0.2, -0.15) is 0 Å². The first kappa shape index (κ1) is 20.5. The van der Waals surface area contributed by atoms with E-state index in [0.717, 1.165) is 53.8 Å². The quantitative estimate of drug-likeness (QED) is 0.402. The number of anilines is 1. The van der Waals surface area contributed by atoms with Crippen LogP contribution in [0.15, 0.2) is 55.0 Å². The topological polar surface area (TPSA) is 82.6 Å². The maximum absolute atomic E-state index is 14.5. The molecule has 1 saturated heterocycles. The van der Waals surface area contributed by atoms with Crippen molar-refractivity contribution in [2.45, 2.75) is 18.8 Å². The highest BCUT2D eigenvalue weighted by molar-refractivity contribution is 5.98. The smallest absolute Gasteiger partial charge is 0.163 e. The Morgan fingerprint density at radius 1 is 0.971 bits per heavy atom. The van der Waals surface area contributed by atoms with Gasteiger partial charge in [-0.3, -0.25) is 4.98 Å². The number of hydrogen-bond donors (Lipinski definition) is 2. The molecule has 35 heavy (non-hydrogen) atoms. The summed E-state index contributed by atoms with van der Waals surface area (Å²) >= 11 is 0. The number of hydrogen-bond acceptors (Lipinski definition) is 6. The molecule has 1 aromatic carbocycles. The van der Waals surface area contributed by atoms with Crippen LogP contribution < -0.4 is 10.2 Å². The molecule has 8 heteroatoms. The summed E-state index contributed by atoms with van der Waals surface area (Å²) in [6.07, 6.45) is 7.97. The first-order valence-electron chi connectivity index (χ1n) is 12.1. The number of pyridine rings is 2. The van der Waals surface area contributed by atoms with E-state index in [9.17, 15) is 4.39 Å². The van der Waals surface area contributed by atoms with Gasteiger partial charge in [0.15, 0.2) is 5.82 Å². The maximum Gasteiger partial charge on any atom is 0.163 e. The largest absolute Gasteiger partial charge is 0.353 e. The Balaban J connectivity index is 1.44. The van der Waals surface area contributed by atoms with Crippen LogP contribution in [0, 0.1) is 5.82 Å². The molecule has 2 fully saturated rings. The highest BCUT2D eigenvalue weighted by Crippen LogP contribution is 2.45. The van der Waals surface area contributed by atoms with Crippen molar-refractivity contribution in [2.24, 2.45) is 0 Å². The van der Waals surface area contributed by atoms with Crippen molar-refractivity contribution in [3.8, 4) is 22.6 Å². The lowest BCUT2D eigenvalue weighted by Crippen LogP contribution is -2.44. The highest BCUT2D eigenvalue weighted by atomic mass is 19.1. The number of fused-ring (bicyclic) bond motifs is 2. The van der Waals surface area contributed by atoms with Crippen LogP contribution in [0.1, 0.15) is 24.3 Å². The molecule has 7 nitrogen and oxygen atoms in total. The van der Waals surface area contributed by atoms with E-state index in [1.54, 1.807) is 18.3 Å². The van der Waals surface area contributed by atoms with Crippen molar-refractivity contribution < 1.29 is 4.39 Å². The molecule has 5 aromatic rings. The summed E-state index contributed by atoms with van der Waals surface area (Å²) in [5, 5.41) is 5.42. The van der Waals surface area contributed by atoms with Crippen LogP contribution in [0.2, 0.25) is 0 Å². The van der Waals surface area contributed by atoms with Gasteiger partial charge < -0.3 is 15.2 Å². The average Bonchev–Trinajstić information content (AvgIpc) is 3.66. The van der Waals surface area contributed by atoms with E-state index in [2.05, 4.69) is 25.2 Å². The number of rotatable bonds is 4. The molecular weight excluding hydrogens is 441 g/mol. The van der Waals surface area contributed by atoms with Crippen molar-refractivity contribution in [2.75, 3.05) is 31.1 Å². The number of piperazine rings is 1. The molecule has 0 bridgehead atoms. The monoisotopic (exact) mass is 465 g/mol. The molecule has 2 N–H and O–H groups in total. The number of aromatic amines is 1. The fourth-order valence-corrected chi connectivity index (χ4v) is 5.07. The minimum Gasteiger partial charge on any atom is -0.353 e. The lowest BCUT2D eigenvalue weighted by Gasteiger charge is -2.30. The number of H-pyrrole nitrogens is 1. The number of halogens is 1. The SMILES string of the molecule is Fc1ccccc1-c1cc2c(-c3nc(N4CCNCC4)c4c(C5CC5)cncc4n3)ccnc2[nH]1. The molecule has 7 rings (SSSR count). The Hall–Kier alpha value is -3.91. The second-order valence-corrected chi connectivity index (χ2v) is 9.29. The molecule has 1 aliphatic heterocycles. The third-order valence-corrected chi connectivity index (χ3v) is 6.99. The standard InChI is InChI=1S/C27H24FN7/c28-21-4-2-1-3-18(21)22-13-19-17(7-8-31-25(19)32-22)26-33-23-15-30-14-20(16-5-6-16)24(23)27(34-26)35-11-9-29-10-12-35/h1-4,7-8,13-16,29H,5-6,9-12H2,(H,31,32). The summed E-state index contributed by atoms with van der Waals surface area (Å²) in [7, 11) is 0. The van der Waals surface area contributed by atoms with Gasteiger partial charge in [-0.1, -0.05) is 12.1 Å². The summed E-state index contributed by atoms with van der Waals surface area (Å²) in [6.45, 7) is 3.64.